The minimum Gasteiger partial charge on any atom is -0.392 e. The van der Waals surface area contributed by atoms with Gasteiger partial charge in [-0.1, -0.05) is 44.8 Å². The predicted octanol–water partition coefficient (Wildman–Crippen LogP) is 2.53. The van der Waals surface area contributed by atoms with Gasteiger partial charge >= 0.3 is 0 Å². The van der Waals surface area contributed by atoms with Gasteiger partial charge in [0.1, 0.15) is 0 Å². The molecule has 0 aromatic carbocycles. The molecule has 0 spiro atoms. The molecule has 2 unspecified atom stereocenters. The van der Waals surface area contributed by atoms with Crippen LogP contribution in [0.15, 0.2) is 0 Å². The number of nitrogens with two attached hydrogens (primary N) is 1. The van der Waals surface area contributed by atoms with Crippen molar-refractivity contribution in [3.63, 3.8) is 0 Å². The molecule has 0 heterocycles. The maximum atomic E-state index is 12.4. The van der Waals surface area contributed by atoms with E-state index in [0.717, 1.165) is 25.7 Å². The van der Waals surface area contributed by atoms with E-state index in [1.165, 1.54) is 25.7 Å². The second-order valence-corrected chi connectivity index (χ2v) is 6.43. The van der Waals surface area contributed by atoms with Gasteiger partial charge in [0.25, 0.3) is 0 Å². The zero-order valence-corrected chi connectivity index (χ0v) is 12.0. The third kappa shape index (κ3) is 2.53. The Balaban J connectivity index is 1.99. The first-order valence-electron chi connectivity index (χ1n) is 7.17. The smallest absolute Gasteiger partial charge is 0.233 e. The molecule has 102 valence electrons. The monoisotopic (exact) mass is 268 g/mol. The lowest BCUT2D eigenvalue weighted by atomic mass is 9.67. The van der Waals surface area contributed by atoms with Crippen LogP contribution in [0.5, 0.6) is 0 Å². The van der Waals surface area contributed by atoms with Gasteiger partial charge in [0, 0.05) is 6.04 Å². The summed E-state index contributed by atoms with van der Waals surface area (Å²) in [6.07, 6.45) is 8.82. The van der Waals surface area contributed by atoms with Crippen LogP contribution in [0.2, 0.25) is 0 Å². The Morgan fingerprint density at radius 2 is 1.89 bits per heavy atom. The fourth-order valence-corrected chi connectivity index (χ4v) is 3.43. The number of thiocarbonyl (C=S) groups is 1. The Morgan fingerprint density at radius 1 is 1.22 bits per heavy atom. The third-order valence-electron chi connectivity index (χ3n) is 4.79. The molecule has 2 atom stereocenters. The summed E-state index contributed by atoms with van der Waals surface area (Å²) in [6.45, 7) is 2.24. The molecular weight excluding hydrogens is 244 g/mol. The molecule has 0 saturated heterocycles. The molecule has 1 amide bonds. The summed E-state index contributed by atoms with van der Waals surface area (Å²) in [6, 6.07) is 0.312. The van der Waals surface area contributed by atoms with E-state index in [2.05, 4.69) is 12.2 Å². The van der Waals surface area contributed by atoms with Gasteiger partial charge in [-0.2, -0.15) is 0 Å². The number of carbonyl (C=O) groups is 1. The summed E-state index contributed by atoms with van der Waals surface area (Å²) < 4.78 is 0. The number of amides is 1. The minimum absolute atomic E-state index is 0.0833. The average Bonchev–Trinajstić information content (AvgIpc) is 2.42. The van der Waals surface area contributed by atoms with Crippen molar-refractivity contribution >= 4 is 23.1 Å². The standard InChI is InChI=1S/C14H24N2OS/c1-10-6-3-2-4-7-11(10)16-13(17)14(12(15)18)8-5-9-14/h10-11H,2-9H2,1H3,(H2,15,18)(H,16,17). The van der Waals surface area contributed by atoms with Crippen LogP contribution in [0.4, 0.5) is 0 Å². The van der Waals surface area contributed by atoms with Gasteiger partial charge in [-0.3, -0.25) is 4.79 Å². The molecule has 2 aliphatic carbocycles. The van der Waals surface area contributed by atoms with E-state index >= 15 is 0 Å². The van der Waals surface area contributed by atoms with Crippen molar-refractivity contribution in [3.8, 4) is 0 Å². The van der Waals surface area contributed by atoms with Crippen LogP contribution in [0.25, 0.3) is 0 Å². The summed E-state index contributed by atoms with van der Waals surface area (Å²) in [4.78, 5) is 12.8. The lowest BCUT2D eigenvalue weighted by Gasteiger charge is -2.40. The number of rotatable bonds is 3. The normalized spacial score (nSPS) is 30.9. The number of hydrogen-bond donors (Lipinski definition) is 2. The van der Waals surface area contributed by atoms with Crippen molar-refractivity contribution in [3.05, 3.63) is 0 Å². The van der Waals surface area contributed by atoms with E-state index in [-0.39, 0.29) is 5.91 Å². The Kier molecular flexibility index (Phi) is 4.25. The highest BCUT2D eigenvalue weighted by Gasteiger charge is 2.47. The van der Waals surface area contributed by atoms with Crippen molar-refractivity contribution in [2.45, 2.75) is 64.3 Å². The molecule has 2 rings (SSSR count). The van der Waals surface area contributed by atoms with E-state index in [9.17, 15) is 4.79 Å². The van der Waals surface area contributed by atoms with Gasteiger partial charge in [-0.25, -0.2) is 0 Å². The molecular formula is C14H24N2OS. The largest absolute Gasteiger partial charge is 0.392 e. The second kappa shape index (κ2) is 5.55. The Bertz CT molecular complexity index is 339. The molecule has 2 fully saturated rings. The van der Waals surface area contributed by atoms with Gasteiger partial charge in [0.15, 0.2) is 0 Å². The topological polar surface area (TPSA) is 55.1 Å². The molecule has 0 bridgehead atoms. The Hall–Kier alpha value is -0.640. The van der Waals surface area contributed by atoms with E-state index in [0.29, 0.717) is 16.9 Å². The zero-order valence-electron chi connectivity index (χ0n) is 11.2. The molecule has 0 aromatic rings. The van der Waals surface area contributed by atoms with Crippen molar-refractivity contribution in [1.82, 2.24) is 5.32 Å². The SMILES string of the molecule is CC1CCCCCC1NC(=O)C1(C(N)=S)CCC1. The summed E-state index contributed by atoms with van der Waals surface area (Å²) in [5.74, 6) is 0.653. The Morgan fingerprint density at radius 3 is 2.44 bits per heavy atom. The predicted molar refractivity (Wildman–Crippen MR) is 77.2 cm³/mol. The van der Waals surface area contributed by atoms with Crippen LogP contribution in [0.3, 0.4) is 0 Å². The second-order valence-electron chi connectivity index (χ2n) is 6.00. The summed E-state index contributed by atoms with van der Waals surface area (Å²) in [5, 5.41) is 3.23. The molecule has 0 radical (unpaired) electrons. The van der Waals surface area contributed by atoms with E-state index in [1.807, 2.05) is 0 Å². The Labute approximate surface area is 115 Å². The molecule has 4 heteroatoms. The molecule has 0 aromatic heterocycles. The summed E-state index contributed by atoms with van der Waals surface area (Å²) in [7, 11) is 0. The van der Waals surface area contributed by atoms with Gasteiger partial charge < -0.3 is 11.1 Å². The van der Waals surface area contributed by atoms with Crippen LogP contribution >= 0.6 is 12.2 Å². The maximum Gasteiger partial charge on any atom is 0.233 e. The first-order valence-corrected chi connectivity index (χ1v) is 7.58. The number of hydrogen-bond acceptors (Lipinski definition) is 2. The van der Waals surface area contributed by atoms with Crippen LogP contribution in [0.1, 0.15) is 58.3 Å². The van der Waals surface area contributed by atoms with Crippen molar-refractivity contribution in [1.29, 1.82) is 0 Å². The first kappa shape index (κ1) is 13.8. The molecule has 2 aliphatic rings. The minimum atomic E-state index is -0.526. The highest BCUT2D eigenvalue weighted by atomic mass is 32.1. The van der Waals surface area contributed by atoms with E-state index < -0.39 is 5.41 Å². The van der Waals surface area contributed by atoms with Crippen molar-refractivity contribution in [2.75, 3.05) is 0 Å². The van der Waals surface area contributed by atoms with Gasteiger partial charge in [-0.15, -0.1) is 0 Å². The lowest BCUT2D eigenvalue weighted by Crippen LogP contribution is -2.56. The molecule has 3 nitrogen and oxygen atoms in total. The molecule has 3 N–H and O–H groups in total. The van der Waals surface area contributed by atoms with Crippen molar-refractivity contribution in [2.24, 2.45) is 17.1 Å². The summed E-state index contributed by atoms with van der Waals surface area (Å²) in [5.41, 5.74) is 5.25. The lowest BCUT2D eigenvalue weighted by molar-refractivity contribution is -0.132. The van der Waals surface area contributed by atoms with E-state index in [1.54, 1.807) is 0 Å². The fourth-order valence-electron chi connectivity index (χ4n) is 3.13. The highest BCUT2D eigenvalue weighted by Crippen LogP contribution is 2.42. The molecule has 18 heavy (non-hydrogen) atoms. The van der Waals surface area contributed by atoms with Crippen LogP contribution in [-0.4, -0.2) is 16.9 Å². The fraction of sp³-hybridized carbons (Fsp3) is 0.857. The van der Waals surface area contributed by atoms with Crippen LogP contribution in [-0.2, 0) is 4.79 Å². The molecule has 2 saturated carbocycles. The summed E-state index contributed by atoms with van der Waals surface area (Å²) >= 11 is 5.10. The highest BCUT2D eigenvalue weighted by molar-refractivity contribution is 7.80. The van der Waals surface area contributed by atoms with Crippen LogP contribution in [0, 0.1) is 11.3 Å². The first-order chi connectivity index (χ1) is 8.56. The van der Waals surface area contributed by atoms with Gasteiger partial charge in [-0.05, 0) is 31.6 Å². The number of carbonyl (C=O) groups excluding carboxylic acids is 1. The quantitative estimate of drug-likeness (QED) is 0.611. The average molecular weight is 268 g/mol. The van der Waals surface area contributed by atoms with Crippen molar-refractivity contribution < 1.29 is 4.79 Å². The van der Waals surface area contributed by atoms with Gasteiger partial charge in [0.2, 0.25) is 5.91 Å². The van der Waals surface area contributed by atoms with Gasteiger partial charge in [0.05, 0.1) is 10.4 Å². The maximum absolute atomic E-state index is 12.4. The number of nitrogens with one attached hydrogen (secondary N) is 1. The zero-order chi connectivity index (χ0) is 13.2. The molecule has 0 aliphatic heterocycles. The van der Waals surface area contributed by atoms with Crippen LogP contribution < -0.4 is 11.1 Å². The van der Waals surface area contributed by atoms with E-state index in [4.69, 9.17) is 18.0 Å². The third-order valence-corrected chi connectivity index (χ3v) is 5.18.